The van der Waals surface area contributed by atoms with Crippen molar-refractivity contribution in [3.05, 3.63) is 18.2 Å². The fraction of sp³-hybridized carbons (Fsp3) is 0.500. The van der Waals surface area contributed by atoms with Gasteiger partial charge in [0, 0.05) is 11.7 Å². The fourth-order valence-electron chi connectivity index (χ4n) is 1.86. The zero-order chi connectivity index (χ0) is 13.8. The van der Waals surface area contributed by atoms with Crippen LogP contribution in [0.15, 0.2) is 23.1 Å². The van der Waals surface area contributed by atoms with E-state index >= 15 is 0 Å². The Morgan fingerprint density at radius 2 is 2.00 bits per heavy atom. The minimum atomic E-state index is -3.75. The highest BCUT2D eigenvalue weighted by molar-refractivity contribution is 7.89. The Kier molecular flexibility index (Phi) is 4.98. The molecule has 0 saturated heterocycles. The molecule has 18 heavy (non-hydrogen) atoms. The third kappa shape index (κ3) is 3.89. The average Bonchev–Trinajstić information content (AvgIpc) is 2.26. The quantitative estimate of drug-likeness (QED) is 0.688. The van der Waals surface area contributed by atoms with Crippen molar-refractivity contribution < 1.29 is 8.42 Å². The Bertz CT molecular complexity index is 500. The number of sulfonamides is 1. The Morgan fingerprint density at radius 3 is 2.44 bits per heavy atom. The SMILES string of the molecule is CCCC(CC)Nc1ccc(S(N)(=O)=O)c(N)c1. The first-order valence-corrected chi connectivity index (χ1v) is 7.62. The molecular formula is C12H21N3O2S. The molecule has 0 spiro atoms. The second kappa shape index (κ2) is 6.06. The first kappa shape index (κ1) is 14.8. The van der Waals surface area contributed by atoms with E-state index in [2.05, 4.69) is 19.2 Å². The molecule has 0 radical (unpaired) electrons. The molecule has 1 unspecified atom stereocenters. The first-order valence-electron chi connectivity index (χ1n) is 6.07. The summed E-state index contributed by atoms with van der Waals surface area (Å²) >= 11 is 0. The summed E-state index contributed by atoms with van der Waals surface area (Å²) in [5.41, 5.74) is 6.69. The van der Waals surface area contributed by atoms with Gasteiger partial charge >= 0.3 is 0 Å². The average molecular weight is 271 g/mol. The number of primary sulfonamides is 1. The molecule has 1 atom stereocenters. The molecule has 0 amide bonds. The molecule has 0 aliphatic heterocycles. The molecule has 0 saturated carbocycles. The van der Waals surface area contributed by atoms with E-state index in [4.69, 9.17) is 10.9 Å². The number of hydrogen-bond donors (Lipinski definition) is 3. The summed E-state index contributed by atoms with van der Waals surface area (Å²) in [7, 11) is -3.75. The lowest BCUT2D eigenvalue weighted by Gasteiger charge is -2.18. The van der Waals surface area contributed by atoms with Gasteiger partial charge in [-0.15, -0.1) is 0 Å². The molecule has 5 nitrogen and oxygen atoms in total. The van der Waals surface area contributed by atoms with Crippen LogP contribution in [0, 0.1) is 0 Å². The number of nitrogens with one attached hydrogen (secondary N) is 1. The van der Waals surface area contributed by atoms with Crippen molar-refractivity contribution in [3.63, 3.8) is 0 Å². The van der Waals surface area contributed by atoms with Gasteiger partial charge in [0.05, 0.1) is 5.69 Å². The molecule has 1 aromatic carbocycles. The molecule has 0 aliphatic rings. The zero-order valence-electron chi connectivity index (χ0n) is 10.8. The standard InChI is InChI=1S/C12H21N3O2S/c1-3-5-9(4-2)15-10-6-7-12(11(13)8-10)18(14,16)17/h6-9,15H,3-5,13H2,1-2H3,(H2,14,16,17). The smallest absolute Gasteiger partial charge is 0.240 e. The maximum absolute atomic E-state index is 11.2. The van der Waals surface area contributed by atoms with Gasteiger partial charge in [0.2, 0.25) is 10.0 Å². The van der Waals surface area contributed by atoms with Crippen LogP contribution in [0.5, 0.6) is 0 Å². The molecule has 102 valence electrons. The second-order valence-electron chi connectivity index (χ2n) is 4.34. The topological polar surface area (TPSA) is 98.2 Å². The molecule has 1 aromatic rings. The minimum absolute atomic E-state index is 0.0309. The third-order valence-corrected chi connectivity index (χ3v) is 3.80. The van der Waals surface area contributed by atoms with Gasteiger partial charge in [-0.25, -0.2) is 13.6 Å². The van der Waals surface area contributed by atoms with E-state index in [1.165, 1.54) is 6.07 Å². The molecule has 5 N–H and O–H groups in total. The lowest BCUT2D eigenvalue weighted by atomic mass is 10.1. The van der Waals surface area contributed by atoms with Crippen LogP contribution >= 0.6 is 0 Å². The number of anilines is 2. The number of nitrogen functional groups attached to an aromatic ring is 1. The Morgan fingerprint density at radius 1 is 1.33 bits per heavy atom. The molecule has 0 bridgehead atoms. The van der Waals surface area contributed by atoms with Gasteiger partial charge in [0.15, 0.2) is 0 Å². The largest absolute Gasteiger partial charge is 0.398 e. The van der Waals surface area contributed by atoms with Crippen molar-refractivity contribution >= 4 is 21.4 Å². The Balaban J connectivity index is 2.91. The van der Waals surface area contributed by atoms with Crippen molar-refractivity contribution in [2.45, 2.75) is 44.0 Å². The van der Waals surface area contributed by atoms with Gasteiger partial charge in [0.1, 0.15) is 4.90 Å². The van der Waals surface area contributed by atoms with Gasteiger partial charge in [-0.2, -0.15) is 0 Å². The van der Waals surface area contributed by atoms with Crippen molar-refractivity contribution in [2.24, 2.45) is 5.14 Å². The summed E-state index contributed by atoms with van der Waals surface area (Å²) in [6.07, 6.45) is 3.16. The summed E-state index contributed by atoms with van der Waals surface area (Å²) in [6, 6.07) is 5.10. The van der Waals surface area contributed by atoms with Gasteiger partial charge in [-0.05, 0) is 31.0 Å². The highest BCUT2D eigenvalue weighted by atomic mass is 32.2. The van der Waals surface area contributed by atoms with Gasteiger partial charge in [-0.1, -0.05) is 20.3 Å². The van der Waals surface area contributed by atoms with E-state index in [1.807, 2.05) is 0 Å². The molecule has 1 rings (SSSR count). The summed E-state index contributed by atoms with van der Waals surface area (Å²) in [6.45, 7) is 4.23. The van der Waals surface area contributed by atoms with Crippen LogP contribution in [0.25, 0.3) is 0 Å². The first-order chi connectivity index (χ1) is 8.38. The van der Waals surface area contributed by atoms with Crippen LogP contribution in [0.2, 0.25) is 0 Å². The third-order valence-electron chi connectivity index (χ3n) is 2.82. The molecule has 6 heteroatoms. The fourth-order valence-corrected chi connectivity index (χ4v) is 2.51. The normalized spacial score (nSPS) is 13.3. The zero-order valence-corrected chi connectivity index (χ0v) is 11.6. The maximum atomic E-state index is 11.2. The van der Waals surface area contributed by atoms with Crippen LogP contribution in [-0.4, -0.2) is 14.5 Å². The summed E-state index contributed by atoms with van der Waals surface area (Å²) in [4.78, 5) is -0.0309. The van der Waals surface area contributed by atoms with Crippen LogP contribution in [0.4, 0.5) is 11.4 Å². The molecule has 0 aliphatic carbocycles. The number of hydrogen-bond acceptors (Lipinski definition) is 4. The lowest BCUT2D eigenvalue weighted by Crippen LogP contribution is -2.19. The van der Waals surface area contributed by atoms with Crippen molar-refractivity contribution in [1.82, 2.24) is 0 Å². The summed E-state index contributed by atoms with van der Waals surface area (Å²) in [5.74, 6) is 0. The number of rotatable bonds is 6. The van der Waals surface area contributed by atoms with E-state index in [9.17, 15) is 8.42 Å². The van der Waals surface area contributed by atoms with Crippen LogP contribution in [0.1, 0.15) is 33.1 Å². The predicted molar refractivity (Wildman–Crippen MR) is 74.8 cm³/mol. The predicted octanol–water partition coefficient (Wildman–Crippen LogP) is 1.91. The molecular weight excluding hydrogens is 250 g/mol. The maximum Gasteiger partial charge on any atom is 0.240 e. The van der Waals surface area contributed by atoms with E-state index in [1.54, 1.807) is 12.1 Å². The van der Waals surface area contributed by atoms with Crippen molar-refractivity contribution in [2.75, 3.05) is 11.1 Å². The van der Waals surface area contributed by atoms with Gasteiger partial charge < -0.3 is 11.1 Å². The molecule has 0 aromatic heterocycles. The Labute approximate surface area is 109 Å². The van der Waals surface area contributed by atoms with Crippen LogP contribution < -0.4 is 16.2 Å². The number of benzene rings is 1. The van der Waals surface area contributed by atoms with E-state index < -0.39 is 10.0 Å². The second-order valence-corrected chi connectivity index (χ2v) is 5.87. The van der Waals surface area contributed by atoms with E-state index in [-0.39, 0.29) is 10.6 Å². The summed E-state index contributed by atoms with van der Waals surface area (Å²) < 4.78 is 22.4. The lowest BCUT2D eigenvalue weighted by molar-refractivity contribution is 0.598. The van der Waals surface area contributed by atoms with Gasteiger partial charge in [-0.3, -0.25) is 0 Å². The number of nitrogens with two attached hydrogens (primary N) is 2. The van der Waals surface area contributed by atoms with Crippen molar-refractivity contribution in [3.8, 4) is 0 Å². The highest BCUT2D eigenvalue weighted by Crippen LogP contribution is 2.22. The summed E-state index contributed by atoms with van der Waals surface area (Å²) in [5, 5.41) is 8.39. The van der Waals surface area contributed by atoms with Crippen molar-refractivity contribution in [1.29, 1.82) is 0 Å². The van der Waals surface area contributed by atoms with Crippen LogP contribution in [0.3, 0.4) is 0 Å². The molecule has 0 heterocycles. The minimum Gasteiger partial charge on any atom is -0.398 e. The highest BCUT2D eigenvalue weighted by Gasteiger charge is 2.13. The van der Waals surface area contributed by atoms with Crippen LogP contribution in [-0.2, 0) is 10.0 Å². The van der Waals surface area contributed by atoms with Gasteiger partial charge in [0.25, 0.3) is 0 Å². The van der Waals surface area contributed by atoms with E-state index in [0.717, 1.165) is 24.9 Å². The Hall–Kier alpha value is -1.27. The van der Waals surface area contributed by atoms with E-state index in [0.29, 0.717) is 6.04 Å². The monoisotopic (exact) mass is 271 g/mol. The molecule has 0 fully saturated rings.